The Hall–Kier alpha value is -2.56. The summed E-state index contributed by atoms with van der Waals surface area (Å²) in [6.07, 6.45) is 0.813. The topological polar surface area (TPSA) is 30.5 Å². The molecule has 3 aromatic rings. The number of benzene rings is 3. The van der Waals surface area contributed by atoms with Gasteiger partial charge in [0.15, 0.2) is 11.5 Å². The number of nitrogens with one attached hydrogen (secondary N) is 1. The highest BCUT2D eigenvalue weighted by atomic mass is 35.5. The monoisotopic (exact) mass is 427 g/mol. The third-order valence-electron chi connectivity index (χ3n) is 4.88. The summed E-state index contributed by atoms with van der Waals surface area (Å²) in [6, 6.07) is 18.5. The molecule has 0 saturated heterocycles. The Bertz CT molecular complexity index is 960. The summed E-state index contributed by atoms with van der Waals surface area (Å²) in [5.41, 5.74) is 4.35. The van der Waals surface area contributed by atoms with E-state index in [2.05, 4.69) is 24.4 Å². The van der Waals surface area contributed by atoms with E-state index in [0.717, 1.165) is 29.7 Å². The molecule has 0 aliphatic heterocycles. The predicted molar refractivity (Wildman–Crippen MR) is 120 cm³/mol. The first kappa shape index (κ1) is 22.1. The van der Waals surface area contributed by atoms with Crippen molar-refractivity contribution in [2.75, 3.05) is 13.2 Å². The molecule has 3 aromatic carbocycles. The zero-order valence-electron chi connectivity index (χ0n) is 17.4. The lowest BCUT2D eigenvalue weighted by Crippen LogP contribution is -2.17. The van der Waals surface area contributed by atoms with E-state index in [9.17, 15) is 4.39 Å². The summed E-state index contributed by atoms with van der Waals surface area (Å²) in [6.45, 7) is 6.38. The fourth-order valence-corrected chi connectivity index (χ4v) is 3.35. The van der Waals surface area contributed by atoms with Crippen molar-refractivity contribution in [2.45, 2.75) is 33.4 Å². The zero-order chi connectivity index (χ0) is 21.3. The molecule has 0 aliphatic rings. The van der Waals surface area contributed by atoms with E-state index in [-0.39, 0.29) is 5.82 Å². The second-order valence-corrected chi connectivity index (χ2v) is 7.50. The van der Waals surface area contributed by atoms with Crippen LogP contribution in [0.5, 0.6) is 11.5 Å². The van der Waals surface area contributed by atoms with Gasteiger partial charge in [-0.15, -0.1) is 0 Å². The smallest absolute Gasteiger partial charge is 0.163 e. The minimum atomic E-state index is -0.216. The SMILES string of the molecule is CCOc1cc(CNCCc2ccc(F)cc2)c(Cl)cc1OCc1ccccc1C. The predicted octanol–water partition coefficient (Wildman–Crippen LogP) is 6.10. The Kier molecular flexibility index (Phi) is 8.12. The Morgan fingerprint density at radius 2 is 1.67 bits per heavy atom. The van der Waals surface area contributed by atoms with Gasteiger partial charge in [0.2, 0.25) is 0 Å². The van der Waals surface area contributed by atoms with Crippen LogP contribution in [0.2, 0.25) is 5.02 Å². The molecule has 0 atom stereocenters. The molecule has 0 unspecified atom stereocenters. The molecule has 1 N–H and O–H groups in total. The van der Waals surface area contributed by atoms with Crippen LogP contribution >= 0.6 is 11.6 Å². The minimum absolute atomic E-state index is 0.216. The molecule has 0 aliphatic carbocycles. The van der Waals surface area contributed by atoms with Gasteiger partial charge < -0.3 is 14.8 Å². The average Bonchev–Trinajstić information content (AvgIpc) is 2.74. The maximum absolute atomic E-state index is 13.0. The van der Waals surface area contributed by atoms with Crippen molar-refractivity contribution in [3.8, 4) is 11.5 Å². The third kappa shape index (κ3) is 6.22. The maximum atomic E-state index is 13.0. The highest BCUT2D eigenvalue weighted by Crippen LogP contribution is 2.34. The Morgan fingerprint density at radius 1 is 0.933 bits per heavy atom. The van der Waals surface area contributed by atoms with Crippen LogP contribution < -0.4 is 14.8 Å². The van der Waals surface area contributed by atoms with Gasteiger partial charge in [0.1, 0.15) is 12.4 Å². The van der Waals surface area contributed by atoms with Crippen molar-refractivity contribution >= 4 is 11.6 Å². The van der Waals surface area contributed by atoms with Gasteiger partial charge in [0, 0.05) is 17.6 Å². The lowest BCUT2D eigenvalue weighted by molar-refractivity contribution is 0.268. The third-order valence-corrected chi connectivity index (χ3v) is 5.23. The first-order chi connectivity index (χ1) is 14.6. The van der Waals surface area contributed by atoms with Crippen molar-refractivity contribution in [2.24, 2.45) is 0 Å². The van der Waals surface area contributed by atoms with Gasteiger partial charge >= 0.3 is 0 Å². The largest absolute Gasteiger partial charge is 0.490 e. The normalized spacial score (nSPS) is 10.8. The average molecular weight is 428 g/mol. The number of aryl methyl sites for hydroxylation is 1. The fraction of sp³-hybridized carbons (Fsp3) is 0.280. The molecule has 3 rings (SSSR count). The molecule has 0 amide bonds. The van der Waals surface area contributed by atoms with Gasteiger partial charge in [0.25, 0.3) is 0 Å². The van der Waals surface area contributed by atoms with Crippen LogP contribution in [-0.2, 0) is 19.6 Å². The summed E-state index contributed by atoms with van der Waals surface area (Å²) in [7, 11) is 0. The van der Waals surface area contributed by atoms with Crippen molar-refractivity contribution in [1.82, 2.24) is 5.32 Å². The highest BCUT2D eigenvalue weighted by Gasteiger charge is 2.12. The van der Waals surface area contributed by atoms with E-state index >= 15 is 0 Å². The van der Waals surface area contributed by atoms with E-state index in [1.165, 1.54) is 17.7 Å². The lowest BCUT2D eigenvalue weighted by Gasteiger charge is -2.16. The molecule has 3 nitrogen and oxygen atoms in total. The first-order valence-electron chi connectivity index (χ1n) is 10.1. The molecule has 158 valence electrons. The van der Waals surface area contributed by atoms with Crippen LogP contribution in [-0.4, -0.2) is 13.2 Å². The highest BCUT2D eigenvalue weighted by molar-refractivity contribution is 6.31. The molecule has 0 saturated carbocycles. The molecule has 30 heavy (non-hydrogen) atoms. The van der Waals surface area contributed by atoms with Crippen LogP contribution in [0.15, 0.2) is 60.7 Å². The van der Waals surface area contributed by atoms with Crippen LogP contribution in [0.25, 0.3) is 0 Å². The zero-order valence-corrected chi connectivity index (χ0v) is 18.1. The Labute approximate surface area is 182 Å². The number of hydrogen-bond donors (Lipinski definition) is 1. The number of halogens is 2. The molecule has 0 fully saturated rings. The summed E-state index contributed by atoms with van der Waals surface area (Å²) < 4.78 is 24.8. The van der Waals surface area contributed by atoms with E-state index in [1.54, 1.807) is 12.1 Å². The fourth-order valence-electron chi connectivity index (χ4n) is 3.13. The number of hydrogen-bond acceptors (Lipinski definition) is 3. The summed E-state index contributed by atoms with van der Waals surface area (Å²) in [5.74, 6) is 1.11. The van der Waals surface area contributed by atoms with Gasteiger partial charge in [0.05, 0.1) is 6.61 Å². The quantitative estimate of drug-likeness (QED) is 0.397. The van der Waals surface area contributed by atoms with Gasteiger partial charge in [-0.25, -0.2) is 4.39 Å². The second kappa shape index (κ2) is 11.0. The molecule has 0 heterocycles. The summed E-state index contributed by atoms with van der Waals surface area (Å²) in [5, 5.41) is 4.02. The standard InChI is InChI=1S/C25H27ClFNO2/c1-3-29-24-14-21(16-28-13-12-19-8-10-22(27)11-9-19)23(26)15-25(24)30-17-20-7-5-4-6-18(20)2/h4-11,14-15,28H,3,12-13,16-17H2,1-2H3. The van der Waals surface area contributed by atoms with Crippen molar-refractivity contribution < 1.29 is 13.9 Å². The Morgan fingerprint density at radius 3 is 2.40 bits per heavy atom. The molecular weight excluding hydrogens is 401 g/mol. The molecule has 0 radical (unpaired) electrons. The number of ether oxygens (including phenoxy) is 2. The van der Waals surface area contributed by atoms with E-state index in [4.69, 9.17) is 21.1 Å². The van der Waals surface area contributed by atoms with E-state index in [0.29, 0.717) is 36.3 Å². The van der Waals surface area contributed by atoms with E-state index in [1.807, 2.05) is 31.2 Å². The Balaban J connectivity index is 1.61. The van der Waals surface area contributed by atoms with Gasteiger partial charge in [-0.1, -0.05) is 48.0 Å². The minimum Gasteiger partial charge on any atom is -0.490 e. The second-order valence-electron chi connectivity index (χ2n) is 7.09. The molecule has 0 aromatic heterocycles. The van der Waals surface area contributed by atoms with Crippen molar-refractivity contribution in [1.29, 1.82) is 0 Å². The first-order valence-corrected chi connectivity index (χ1v) is 10.5. The lowest BCUT2D eigenvalue weighted by atomic mass is 10.1. The number of rotatable bonds is 10. The molecule has 0 bridgehead atoms. The van der Waals surface area contributed by atoms with Crippen LogP contribution in [0.3, 0.4) is 0 Å². The summed E-state index contributed by atoms with van der Waals surface area (Å²) >= 11 is 6.51. The maximum Gasteiger partial charge on any atom is 0.163 e. The van der Waals surface area contributed by atoms with Crippen LogP contribution in [0.1, 0.15) is 29.2 Å². The summed E-state index contributed by atoms with van der Waals surface area (Å²) in [4.78, 5) is 0. The van der Waals surface area contributed by atoms with E-state index < -0.39 is 0 Å². The van der Waals surface area contributed by atoms with Crippen molar-refractivity contribution in [3.63, 3.8) is 0 Å². The van der Waals surface area contributed by atoms with Gasteiger partial charge in [-0.3, -0.25) is 0 Å². The van der Waals surface area contributed by atoms with Gasteiger partial charge in [-0.05, 0) is 67.3 Å². The molecule has 0 spiro atoms. The molecule has 5 heteroatoms. The van der Waals surface area contributed by atoms with Crippen molar-refractivity contribution in [3.05, 3.63) is 93.8 Å². The molecular formula is C25H27ClFNO2. The van der Waals surface area contributed by atoms with Crippen LogP contribution in [0.4, 0.5) is 4.39 Å². The van der Waals surface area contributed by atoms with Gasteiger partial charge in [-0.2, -0.15) is 0 Å². The van der Waals surface area contributed by atoms with Crippen LogP contribution in [0, 0.1) is 12.7 Å².